The van der Waals surface area contributed by atoms with Crippen LogP contribution in [0.1, 0.15) is 37.0 Å². The van der Waals surface area contributed by atoms with E-state index in [9.17, 15) is 0 Å². The monoisotopic (exact) mass is 449 g/mol. The second-order valence-corrected chi connectivity index (χ2v) is 8.61. The van der Waals surface area contributed by atoms with E-state index in [1.165, 1.54) is 28.1 Å². The van der Waals surface area contributed by atoms with Crippen LogP contribution in [0.2, 0.25) is 0 Å². The smallest absolute Gasteiger partial charge is 0.173 e. The fourth-order valence-corrected chi connectivity index (χ4v) is 4.08. The van der Waals surface area contributed by atoms with Gasteiger partial charge in [0.25, 0.3) is 0 Å². The molecular weight excluding hydrogens is 414 g/mol. The van der Waals surface area contributed by atoms with E-state index >= 15 is 0 Å². The molecule has 0 amide bonds. The molecule has 0 saturated carbocycles. The molecule has 0 radical (unpaired) electrons. The number of benzene rings is 2. The Labute approximate surface area is 198 Å². The Kier molecular flexibility index (Phi) is 8.68. The maximum Gasteiger partial charge on any atom is 0.173 e. The number of thiocarbonyl (C=S) groups is 1. The van der Waals surface area contributed by atoms with Crippen molar-refractivity contribution < 1.29 is 0 Å². The molecule has 2 aromatic carbocycles. The van der Waals surface area contributed by atoms with Gasteiger partial charge in [-0.15, -0.1) is 0 Å². The minimum atomic E-state index is 0.777. The molecule has 170 valence electrons. The average molecular weight is 450 g/mol. The number of nitrogens with one attached hydrogen (secondary N) is 1. The van der Waals surface area contributed by atoms with Crippen LogP contribution in [-0.4, -0.2) is 40.2 Å². The highest BCUT2D eigenvalue weighted by Crippen LogP contribution is 2.24. The third-order valence-corrected chi connectivity index (χ3v) is 6.11. The molecule has 5 nitrogen and oxygen atoms in total. The molecule has 0 atom stereocenters. The quantitative estimate of drug-likeness (QED) is 0.422. The average Bonchev–Trinajstić information content (AvgIpc) is 3.32. The molecule has 0 fully saturated rings. The molecule has 3 aromatic rings. The lowest BCUT2D eigenvalue weighted by molar-refractivity contribution is 0.396. The van der Waals surface area contributed by atoms with Gasteiger partial charge in [-0.1, -0.05) is 44.2 Å². The molecule has 0 aliphatic heterocycles. The lowest BCUT2D eigenvalue weighted by Crippen LogP contribution is -2.36. The van der Waals surface area contributed by atoms with Gasteiger partial charge >= 0.3 is 0 Å². The van der Waals surface area contributed by atoms with Crippen LogP contribution in [0.25, 0.3) is 0 Å². The molecule has 0 bridgehead atoms. The Hall–Kier alpha value is -2.86. The maximum atomic E-state index is 5.94. The number of aryl methyl sites for hydroxylation is 3. The van der Waals surface area contributed by atoms with Crippen molar-refractivity contribution in [2.75, 3.05) is 30.9 Å². The molecule has 3 rings (SSSR count). The van der Waals surface area contributed by atoms with Crippen molar-refractivity contribution in [3.8, 4) is 0 Å². The molecular formula is C26H35N5S. The summed E-state index contributed by atoms with van der Waals surface area (Å²) in [6.07, 6.45) is 8.64. The Morgan fingerprint density at radius 1 is 1.03 bits per heavy atom. The van der Waals surface area contributed by atoms with Gasteiger partial charge in [0.1, 0.15) is 0 Å². The van der Waals surface area contributed by atoms with Gasteiger partial charge in [-0.25, -0.2) is 4.98 Å². The number of imidazole rings is 1. The lowest BCUT2D eigenvalue weighted by atomic mass is 10.0. The van der Waals surface area contributed by atoms with Crippen molar-refractivity contribution >= 4 is 28.7 Å². The van der Waals surface area contributed by atoms with Gasteiger partial charge in [0.05, 0.1) is 6.33 Å². The fraction of sp³-hybridized carbons (Fsp3) is 0.385. The predicted octanol–water partition coefficient (Wildman–Crippen LogP) is 5.36. The fourth-order valence-electron chi connectivity index (χ4n) is 3.82. The topological polar surface area (TPSA) is 36.3 Å². The van der Waals surface area contributed by atoms with Crippen molar-refractivity contribution in [1.82, 2.24) is 14.5 Å². The molecule has 1 aromatic heterocycles. The normalized spacial score (nSPS) is 10.8. The first-order chi connectivity index (χ1) is 15.5. The van der Waals surface area contributed by atoms with Crippen LogP contribution in [0.3, 0.4) is 0 Å². The summed E-state index contributed by atoms with van der Waals surface area (Å²) in [7, 11) is 4.12. The third-order valence-electron chi connectivity index (χ3n) is 5.75. The van der Waals surface area contributed by atoms with Gasteiger partial charge in [0, 0.05) is 57.5 Å². The molecule has 32 heavy (non-hydrogen) atoms. The summed E-state index contributed by atoms with van der Waals surface area (Å²) < 4.78 is 2.11. The third kappa shape index (κ3) is 6.33. The highest BCUT2D eigenvalue weighted by atomic mass is 32.1. The highest BCUT2D eigenvalue weighted by molar-refractivity contribution is 7.80. The van der Waals surface area contributed by atoms with E-state index in [2.05, 4.69) is 95.1 Å². The number of anilines is 2. The van der Waals surface area contributed by atoms with Crippen molar-refractivity contribution in [2.45, 2.75) is 46.2 Å². The first-order valence-corrected chi connectivity index (χ1v) is 11.8. The molecule has 1 N–H and O–H groups in total. The summed E-state index contributed by atoms with van der Waals surface area (Å²) in [5, 5.41) is 4.39. The number of para-hydroxylation sites is 1. The minimum Gasteiger partial charge on any atom is -0.378 e. The number of hydrogen-bond acceptors (Lipinski definition) is 3. The van der Waals surface area contributed by atoms with E-state index in [0.29, 0.717) is 0 Å². The molecule has 0 saturated heterocycles. The Bertz CT molecular complexity index is 958. The lowest BCUT2D eigenvalue weighted by Gasteiger charge is -2.28. The van der Waals surface area contributed by atoms with Crippen LogP contribution in [0, 0.1) is 0 Å². The summed E-state index contributed by atoms with van der Waals surface area (Å²) in [5.41, 5.74) is 6.23. The van der Waals surface area contributed by atoms with E-state index in [0.717, 1.165) is 44.0 Å². The van der Waals surface area contributed by atoms with Crippen LogP contribution in [0.5, 0.6) is 0 Å². The van der Waals surface area contributed by atoms with E-state index in [4.69, 9.17) is 12.2 Å². The summed E-state index contributed by atoms with van der Waals surface area (Å²) in [6.45, 7) is 6.95. The standard InChI is InChI=1S/C26H35N5S/c1-5-22-9-7-10-23(6-2)25(22)28-26(32)31(17-8-16-30-18-15-27-20-30)19-21-11-13-24(14-12-21)29(3)4/h7,9-15,18,20H,5-6,8,16-17,19H2,1-4H3,(H,28,32). The van der Waals surface area contributed by atoms with Crippen LogP contribution < -0.4 is 10.2 Å². The van der Waals surface area contributed by atoms with E-state index in [1.807, 2.05) is 18.7 Å². The Morgan fingerprint density at radius 3 is 2.28 bits per heavy atom. The van der Waals surface area contributed by atoms with Crippen molar-refractivity contribution in [1.29, 1.82) is 0 Å². The van der Waals surface area contributed by atoms with Crippen molar-refractivity contribution in [3.63, 3.8) is 0 Å². The molecule has 0 spiro atoms. The van der Waals surface area contributed by atoms with Crippen molar-refractivity contribution in [3.05, 3.63) is 77.9 Å². The number of nitrogens with zero attached hydrogens (tertiary/aromatic N) is 4. The summed E-state index contributed by atoms with van der Waals surface area (Å²) in [4.78, 5) is 8.54. The zero-order valence-electron chi connectivity index (χ0n) is 19.7. The first kappa shape index (κ1) is 23.8. The van der Waals surface area contributed by atoms with Crippen LogP contribution in [0.4, 0.5) is 11.4 Å². The van der Waals surface area contributed by atoms with E-state index < -0.39 is 0 Å². The van der Waals surface area contributed by atoms with Gasteiger partial charge in [0.15, 0.2) is 5.11 Å². The van der Waals surface area contributed by atoms with Gasteiger partial charge in [-0.05, 0) is 60.3 Å². The maximum absolute atomic E-state index is 5.94. The molecule has 0 aliphatic carbocycles. The first-order valence-electron chi connectivity index (χ1n) is 11.4. The SMILES string of the molecule is CCc1cccc(CC)c1NC(=S)N(CCCn1ccnc1)Cc1ccc(N(C)C)cc1. The molecule has 0 unspecified atom stereocenters. The Balaban J connectivity index is 1.76. The molecule has 1 heterocycles. The zero-order valence-corrected chi connectivity index (χ0v) is 20.5. The van der Waals surface area contributed by atoms with Gasteiger partial charge in [-0.3, -0.25) is 0 Å². The van der Waals surface area contributed by atoms with Crippen molar-refractivity contribution in [2.24, 2.45) is 0 Å². The van der Waals surface area contributed by atoms with Crippen LogP contribution >= 0.6 is 12.2 Å². The molecule has 6 heteroatoms. The summed E-state index contributed by atoms with van der Waals surface area (Å²) >= 11 is 5.94. The number of rotatable bonds is 10. The van der Waals surface area contributed by atoms with Gasteiger partial charge in [-0.2, -0.15) is 0 Å². The van der Waals surface area contributed by atoms with E-state index in [-0.39, 0.29) is 0 Å². The summed E-state index contributed by atoms with van der Waals surface area (Å²) in [6, 6.07) is 15.2. The minimum absolute atomic E-state index is 0.777. The zero-order chi connectivity index (χ0) is 22.9. The summed E-state index contributed by atoms with van der Waals surface area (Å²) in [5.74, 6) is 0. The van der Waals surface area contributed by atoms with Gasteiger partial charge < -0.3 is 19.7 Å². The number of aromatic nitrogens is 2. The highest BCUT2D eigenvalue weighted by Gasteiger charge is 2.14. The second-order valence-electron chi connectivity index (χ2n) is 8.23. The predicted molar refractivity (Wildman–Crippen MR) is 139 cm³/mol. The van der Waals surface area contributed by atoms with E-state index in [1.54, 1.807) is 0 Å². The Morgan fingerprint density at radius 2 is 1.72 bits per heavy atom. The number of hydrogen-bond donors (Lipinski definition) is 1. The van der Waals surface area contributed by atoms with Crippen LogP contribution in [0.15, 0.2) is 61.2 Å². The second kappa shape index (κ2) is 11.7. The molecule has 0 aliphatic rings. The van der Waals surface area contributed by atoms with Gasteiger partial charge in [0.2, 0.25) is 0 Å². The largest absolute Gasteiger partial charge is 0.378 e. The van der Waals surface area contributed by atoms with Crippen LogP contribution in [-0.2, 0) is 25.9 Å².